The Kier molecular flexibility index (Phi) is 4.38. The molecule has 98 valence electrons. The van der Waals surface area contributed by atoms with E-state index in [9.17, 15) is 4.79 Å². The number of nitrogens with zero attached hydrogens (tertiary/aromatic N) is 4. The van der Waals surface area contributed by atoms with Gasteiger partial charge >= 0.3 is 0 Å². The minimum absolute atomic E-state index is 0.0875. The van der Waals surface area contributed by atoms with E-state index in [0.29, 0.717) is 12.2 Å². The van der Waals surface area contributed by atoms with Gasteiger partial charge in [-0.25, -0.2) is 4.98 Å². The summed E-state index contributed by atoms with van der Waals surface area (Å²) in [6.45, 7) is 6.40. The molecule has 2 rings (SSSR count). The number of rotatable bonds is 4. The highest BCUT2D eigenvalue weighted by Gasteiger charge is 2.19. The van der Waals surface area contributed by atoms with Crippen molar-refractivity contribution in [1.82, 2.24) is 19.8 Å². The first-order chi connectivity index (χ1) is 8.70. The van der Waals surface area contributed by atoms with Crippen molar-refractivity contribution in [3.63, 3.8) is 0 Å². The van der Waals surface area contributed by atoms with Crippen molar-refractivity contribution in [2.24, 2.45) is 0 Å². The second kappa shape index (κ2) is 6.02. The van der Waals surface area contributed by atoms with E-state index in [-0.39, 0.29) is 5.78 Å². The topological polar surface area (TPSA) is 49.3 Å². The lowest BCUT2D eigenvalue weighted by Gasteiger charge is -2.31. The highest BCUT2D eigenvalue weighted by molar-refractivity contribution is 5.96. The van der Waals surface area contributed by atoms with Crippen molar-refractivity contribution in [3.8, 4) is 0 Å². The standard InChI is InChI=1S/C13H20N4O/c1-3-11-13(15-5-4-14-11)12(18)10-17-8-6-16(2)7-9-17/h4-5H,3,6-10H2,1-2H3. The predicted octanol–water partition coefficient (Wildman–Crippen LogP) is 0.469. The molecular formula is C13H20N4O. The van der Waals surface area contributed by atoms with Crippen LogP contribution in [0.25, 0.3) is 0 Å². The van der Waals surface area contributed by atoms with E-state index < -0.39 is 0 Å². The van der Waals surface area contributed by atoms with Gasteiger partial charge in [-0.3, -0.25) is 14.7 Å². The number of likely N-dealkylation sites (N-methyl/N-ethyl adjacent to an activating group) is 1. The molecule has 5 heteroatoms. The van der Waals surface area contributed by atoms with Crippen LogP contribution >= 0.6 is 0 Å². The van der Waals surface area contributed by atoms with Crippen LogP contribution in [0.5, 0.6) is 0 Å². The van der Waals surface area contributed by atoms with Crippen molar-refractivity contribution in [2.45, 2.75) is 13.3 Å². The lowest BCUT2D eigenvalue weighted by atomic mass is 10.1. The summed E-state index contributed by atoms with van der Waals surface area (Å²) in [5.74, 6) is 0.0875. The fourth-order valence-corrected chi connectivity index (χ4v) is 2.14. The first kappa shape index (κ1) is 13.1. The molecule has 2 heterocycles. The van der Waals surface area contributed by atoms with Crippen LogP contribution in [0.15, 0.2) is 12.4 Å². The van der Waals surface area contributed by atoms with Gasteiger partial charge in [0.25, 0.3) is 0 Å². The molecule has 0 spiro atoms. The van der Waals surface area contributed by atoms with Crippen molar-refractivity contribution in [1.29, 1.82) is 0 Å². The molecule has 0 amide bonds. The lowest BCUT2D eigenvalue weighted by molar-refractivity contribution is 0.0870. The van der Waals surface area contributed by atoms with Gasteiger partial charge in [0.15, 0.2) is 5.78 Å². The number of carbonyl (C=O) groups is 1. The number of aryl methyl sites for hydroxylation is 1. The summed E-state index contributed by atoms with van der Waals surface area (Å²) >= 11 is 0. The summed E-state index contributed by atoms with van der Waals surface area (Å²) in [4.78, 5) is 25.1. The van der Waals surface area contributed by atoms with E-state index in [0.717, 1.165) is 38.3 Å². The third-order valence-electron chi connectivity index (χ3n) is 3.34. The largest absolute Gasteiger partial charge is 0.304 e. The van der Waals surface area contributed by atoms with Crippen molar-refractivity contribution < 1.29 is 4.79 Å². The lowest BCUT2D eigenvalue weighted by Crippen LogP contribution is -2.46. The van der Waals surface area contributed by atoms with E-state index in [1.54, 1.807) is 12.4 Å². The molecular weight excluding hydrogens is 228 g/mol. The van der Waals surface area contributed by atoms with Gasteiger partial charge in [0.05, 0.1) is 12.2 Å². The minimum Gasteiger partial charge on any atom is -0.304 e. The van der Waals surface area contributed by atoms with E-state index in [1.807, 2.05) is 6.92 Å². The second-order valence-corrected chi connectivity index (χ2v) is 4.71. The molecule has 1 aromatic rings. The SMILES string of the molecule is CCc1nccnc1C(=O)CN1CCN(C)CC1. The number of carbonyl (C=O) groups excluding carboxylic acids is 1. The van der Waals surface area contributed by atoms with Gasteiger partial charge in [-0.15, -0.1) is 0 Å². The zero-order valence-corrected chi connectivity index (χ0v) is 11.1. The molecule has 0 unspecified atom stereocenters. The average molecular weight is 248 g/mol. The molecule has 0 saturated carbocycles. The van der Waals surface area contributed by atoms with Gasteiger partial charge < -0.3 is 4.90 Å². The summed E-state index contributed by atoms with van der Waals surface area (Å²) in [6, 6.07) is 0. The highest BCUT2D eigenvalue weighted by Crippen LogP contribution is 2.06. The maximum absolute atomic E-state index is 12.2. The molecule has 1 aliphatic rings. The molecule has 0 atom stereocenters. The molecule has 0 aliphatic carbocycles. The van der Waals surface area contributed by atoms with E-state index in [1.165, 1.54) is 0 Å². The summed E-state index contributed by atoms with van der Waals surface area (Å²) in [6.07, 6.45) is 3.99. The molecule has 1 fully saturated rings. The van der Waals surface area contributed by atoms with Crippen LogP contribution in [0.2, 0.25) is 0 Å². The summed E-state index contributed by atoms with van der Waals surface area (Å²) < 4.78 is 0. The predicted molar refractivity (Wildman–Crippen MR) is 69.7 cm³/mol. The quantitative estimate of drug-likeness (QED) is 0.725. The van der Waals surface area contributed by atoms with Crippen LogP contribution in [0.1, 0.15) is 23.1 Å². The Labute approximate surface area is 108 Å². The Balaban J connectivity index is 1.99. The molecule has 0 bridgehead atoms. The van der Waals surface area contributed by atoms with Crippen LogP contribution in [0.3, 0.4) is 0 Å². The summed E-state index contributed by atoms with van der Waals surface area (Å²) in [5.41, 5.74) is 1.34. The Morgan fingerprint density at radius 2 is 1.89 bits per heavy atom. The molecule has 1 saturated heterocycles. The first-order valence-electron chi connectivity index (χ1n) is 6.44. The van der Waals surface area contributed by atoms with Crippen LogP contribution in [-0.4, -0.2) is 65.3 Å². The molecule has 0 radical (unpaired) electrons. The first-order valence-corrected chi connectivity index (χ1v) is 6.44. The van der Waals surface area contributed by atoms with Gasteiger partial charge in [0.2, 0.25) is 0 Å². The van der Waals surface area contributed by atoms with Crippen LogP contribution in [-0.2, 0) is 6.42 Å². The Hall–Kier alpha value is -1.33. The molecule has 0 aromatic carbocycles. The van der Waals surface area contributed by atoms with E-state index >= 15 is 0 Å². The monoisotopic (exact) mass is 248 g/mol. The van der Waals surface area contributed by atoms with E-state index in [4.69, 9.17) is 0 Å². The highest BCUT2D eigenvalue weighted by atomic mass is 16.1. The van der Waals surface area contributed by atoms with Gasteiger partial charge in [0, 0.05) is 38.6 Å². The smallest absolute Gasteiger partial charge is 0.196 e. The minimum atomic E-state index is 0.0875. The van der Waals surface area contributed by atoms with Gasteiger partial charge in [-0.1, -0.05) is 6.92 Å². The molecule has 1 aliphatic heterocycles. The van der Waals surface area contributed by atoms with Gasteiger partial charge in [-0.05, 0) is 13.5 Å². The van der Waals surface area contributed by atoms with Gasteiger partial charge in [0.1, 0.15) is 5.69 Å². The number of hydrogen-bond acceptors (Lipinski definition) is 5. The third kappa shape index (κ3) is 3.11. The number of hydrogen-bond donors (Lipinski definition) is 0. The van der Waals surface area contributed by atoms with Crippen molar-refractivity contribution >= 4 is 5.78 Å². The molecule has 1 aromatic heterocycles. The van der Waals surface area contributed by atoms with Crippen LogP contribution in [0, 0.1) is 0 Å². The molecule has 18 heavy (non-hydrogen) atoms. The number of piperazine rings is 1. The fourth-order valence-electron chi connectivity index (χ4n) is 2.14. The Morgan fingerprint density at radius 3 is 2.56 bits per heavy atom. The van der Waals surface area contributed by atoms with Crippen LogP contribution in [0.4, 0.5) is 0 Å². The summed E-state index contributed by atoms with van der Waals surface area (Å²) in [5, 5.41) is 0. The maximum atomic E-state index is 12.2. The number of ketones is 1. The zero-order chi connectivity index (χ0) is 13.0. The van der Waals surface area contributed by atoms with Gasteiger partial charge in [-0.2, -0.15) is 0 Å². The normalized spacial score (nSPS) is 17.9. The Morgan fingerprint density at radius 1 is 1.22 bits per heavy atom. The van der Waals surface area contributed by atoms with Crippen LogP contribution < -0.4 is 0 Å². The second-order valence-electron chi connectivity index (χ2n) is 4.71. The fraction of sp³-hybridized carbons (Fsp3) is 0.615. The summed E-state index contributed by atoms with van der Waals surface area (Å²) in [7, 11) is 2.11. The maximum Gasteiger partial charge on any atom is 0.196 e. The molecule has 5 nitrogen and oxygen atoms in total. The number of aromatic nitrogens is 2. The zero-order valence-electron chi connectivity index (χ0n) is 11.1. The van der Waals surface area contributed by atoms with Crippen molar-refractivity contribution in [2.75, 3.05) is 39.8 Å². The average Bonchev–Trinajstić information content (AvgIpc) is 2.41. The van der Waals surface area contributed by atoms with E-state index in [2.05, 4.69) is 26.8 Å². The third-order valence-corrected chi connectivity index (χ3v) is 3.34. The number of Topliss-reactive ketones (excluding diaryl/α,β-unsaturated/α-hetero) is 1. The molecule has 0 N–H and O–H groups in total. The van der Waals surface area contributed by atoms with Crippen molar-refractivity contribution in [3.05, 3.63) is 23.8 Å². The Bertz CT molecular complexity index is 413.